The topological polar surface area (TPSA) is 42.4 Å². The summed E-state index contributed by atoms with van der Waals surface area (Å²) >= 11 is 0. The molecule has 0 radical (unpaired) electrons. The van der Waals surface area contributed by atoms with Gasteiger partial charge in [-0.1, -0.05) is 25.1 Å². The van der Waals surface area contributed by atoms with Crippen molar-refractivity contribution in [2.24, 2.45) is 0 Å². The lowest BCUT2D eigenvalue weighted by atomic mass is 10.0. The molecule has 0 saturated carbocycles. The second-order valence-electron chi connectivity index (χ2n) is 5.47. The van der Waals surface area contributed by atoms with Crippen molar-refractivity contribution in [2.45, 2.75) is 45.8 Å². The fourth-order valence-corrected chi connectivity index (χ4v) is 2.17. The number of hydrogen-bond acceptors (Lipinski definition) is 3. The molecule has 0 bridgehead atoms. The lowest BCUT2D eigenvalue weighted by Crippen LogP contribution is -2.07. The predicted molar refractivity (Wildman–Crippen MR) is 84.5 cm³/mol. The Morgan fingerprint density at radius 3 is 2.62 bits per heavy atom. The van der Waals surface area contributed by atoms with Crippen molar-refractivity contribution in [3.63, 3.8) is 0 Å². The van der Waals surface area contributed by atoms with Gasteiger partial charge in [0.2, 0.25) is 0 Å². The van der Waals surface area contributed by atoms with Gasteiger partial charge in [0.05, 0.1) is 12.2 Å². The van der Waals surface area contributed by atoms with E-state index in [1.807, 2.05) is 50.4 Å². The van der Waals surface area contributed by atoms with E-state index in [1.165, 1.54) is 5.56 Å². The molecule has 1 heterocycles. The number of aryl methyl sites for hydroxylation is 1. The van der Waals surface area contributed by atoms with Crippen LogP contribution in [0.25, 0.3) is 0 Å². The van der Waals surface area contributed by atoms with Crippen LogP contribution in [0, 0.1) is 0 Å². The van der Waals surface area contributed by atoms with Crippen LogP contribution in [0.3, 0.4) is 0 Å². The minimum atomic E-state index is -0.569. The molecule has 0 aliphatic rings. The highest BCUT2D eigenvalue weighted by Gasteiger charge is 2.11. The van der Waals surface area contributed by atoms with Crippen LogP contribution in [0.5, 0.6) is 5.75 Å². The molecule has 2 aromatic rings. The van der Waals surface area contributed by atoms with Crippen LogP contribution in [-0.2, 0) is 12.8 Å². The van der Waals surface area contributed by atoms with Crippen molar-refractivity contribution in [3.05, 3.63) is 59.4 Å². The summed E-state index contributed by atoms with van der Waals surface area (Å²) in [5.74, 6) is 0.788. The summed E-state index contributed by atoms with van der Waals surface area (Å²) in [4.78, 5) is 4.39. The van der Waals surface area contributed by atoms with E-state index >= 15 is 0 Å². The summed E-state index contributed by atoms with van der Waals surface area (Å²) in [6.07, 6.45) is 2.92. The molecule has 112 valence electrons. The monoisotopic (exact) mass is 285 g/mol. The lowest BCUT2D eigenvalue weighted by molar-refractivity contribution is 0.176. The van der Waals surface area contributed by atoms with E-state index in [0.29, 0.717) is 6.42 Å². The number of ether oxygens (including phenoxy) is 1. The van der Waals surface area contributed by atoms with Gasteiger partial charge >= 0.3 is 0 Å². The van der Waals surface area contributed by atoms with Gasteiger partial charge in [-0.3, -0.25) is 4.98 Å². The second-order valence-corrected chi connectivity index (χ2v) is 5.47. The van der Waals surface area contributed by atoms with Gasteiger partial charge in [-0.15, -0.1) is 0 Å². The Kier molecular flexibility index (Phi) is 5.34. The SMILES string of the molecule is CCc1ccc(CC(O)c2cccc(OC(C)C)c2)nc1. The average molecular weight is 285 g/mol. The van der Waals surface area contributed by atoms with Gasteiger partial charge in [0, 0.05) is 18.3 Å². The Hall–Kier alpha value is -1.87. The third-order valence-corrected chi connectivity index (χ3v) is 3.31. The Bertz CT molecular complexity index is 564. The molecule has 1 unspecified atom stereocenters. The van der Waals surface area contributed by atoms with Crippen molar-refractivity contribution in [1.29, 1.82) is 0 Å². The number of benzene rings is 1. The van der Waals surface area contributed by atoms with E-state index in [4.69, 9.17) is 4.74 Å². The second kappa shape index (κ2) is 7.23. The first kappa shape index (κ1) is 15.5. The molecule has 0 spiro atoms. The minimum absolute atomic E-state index is 0.126. The molecule has 0 amide bonds. The van der Waals surface area contributed by atoms with Gasteiger partial charge in [-0.25, -0.2) is 0 Å². The Labute approximate surface area is 126 Å². The smallest absolute Gasteiger partial charge is 0.120 e. The van der Waals surface area contributed by atoms with E-state index in [-0.39, 0.29) is 6.10 Å². The Morgan fingerprint density at radius 2 is 2.00 bits per heavy atom. The number of aromatic nitrogens is 1. The molecule has 0 saturated heterocycles. The Morgan fingerprint density at radius 1 is 1.19 bits per heavy atom. The predicted octanol–water partition coefficient (Wildman–Crippen LogP) is 3.71. The van der Waals surface area contributed by atoms with Gasteiger partial charge < -0.3 is 9.84 Å². The van der Waals surface area contributed by atoms with Gasteiger partial charge in [0.1, 0.15) is 5.75 Å². The fourth-order valence-electron chi connectivity index (χ4n) is 2.17. The van der Waals surface area contributed by atoms with E-state index in [2.05, 4.69) is 18.0 Å². The summed E-state index contributed by atoms with van der Waals surface area (Å²) in [5.41, 5.74) is 2.96. The molecule has 1 aromatic heterocycles. The maximum absolute atomic E-state index is 10.4. The van der Waals surface area contributed by atoms with Crippen molar-refractivity contribution in [1.82, 2.24) is 4.98 Å². The number of rotatable bonds is 6. The van der Waals surface area contributed by atoms with Crippen molar-refractivity contribution >= 4 is 0 Å². The van der Waals surface area contributed by atoms with Gasteiger partial charge in [0.15, 0.2) is 0 Å². The molecular weight excluding hydrogens is 262 g/mol. The molecule has 1 N–H and O–H groups in total. The highest BCUT2D eigenvalue weighted by molar-refractivity contribution is 5.30. The van der Waals surface area contributed by atoms with Crippen LogP contribution in [0.2, 0.25) is 0 Å². The fraction of sp³-hybridized carbons (Fsp3) is 0.389. The lowest BCUT2D eigenvalue weighted by Gasteiger charge is -2.14. The van der Waals surface area contributed by atoms with Crippen LogP contribution in [-0.4, -0.2) is 16.2 Å². The molecule has 3 heteroatoms. The third-order valence-electron chi connectivity index (χ3n) is 3.31. The van der Waals surface area contributed by atoms with Crippen LogP contribution < -0.4 is 4.74 Å². The summed E-state index contributed by atoms with van der Waals surface area (Å²) in [6, 6.07) is 11.7. The first-order chi connectivity index (χ1) is 10.1. The number of nitrogens with zero attached hydrogens (tertiary/aromatic N) is 1. The zero-order valence-electron chi connectivity index (χ0n) is 12.9. The maximum Gasteiger partial charge on any atom is 0.120 e. The summed E-state index contributed by atoms with van der Waals surface area (Å²) in [5, 5.41) is 10.4. The van der Waals surface area contributed by atoms with Crippen LogP contribution in [0.1, 0.15) is 43.7 Å². The first-order valence-electron chi connectivity index (χ1n) is 7.47. The molecule has 0 aliphatic carbocycles. The van der Waals surface area contributed by atoms with Gasteiger partial charge in [-0.05, 0) is 49.6 Å². The van der Waals surface area contributed by atoms with Crippen molar-refractivity contribution in [2.75, 3.05) is 0 Å². The molecule has 2 rings (SSSR count). The first-order valence-corrected chi connectivity index (χ1v) is 7.47. The number of aliphatic hydroxyl groups excluding tert-OH is 1. The third kappa shape index (κ3) is 4.57. The van der Waals surface area contributed by atoms with E-state index < -0.39 is 6.10 Å². The molecule has 1 aromatic carbocycles. The van der Waals surface area contributed by atoms with E-state index in [9.17, 15) is 5.11 Å². The van der Waals surface area contributed by atoms with Crippen LogP contribution in [0.4, 0.5) is 0 Å². The molecular formula is C18H23NO2. The largest absolute Gasteiger partial charge is 0.491 e. The quantitative estimate of drug-likeness (QED) is 0.880. The van der Waals surface area contributed by atoms with Gasteiger partial charge in [-0.2, -0.15) is 0 Å². The van der Waals surface area contributed by atoms with E-state index in [0.717, 1.165) is 23.4 Å². The van der Waals surface area contributed by atoms with Crippen LogP contribution in [0.15, 0.2) is 42.6 Å². The zero-order valence-corrected chi connectivity index (χ0v) is 12.9. The number of hydrogen-bond donors (Lipinski definition) is 1. The molecule has 1 atom stereocenters. The number of aliphatic hydroxyl groups is 1. The summed E-state index contributed by atoms with van der Waals surface area (Å²) < 4.78 is 5.66. The normalized spacial score (nSPS) is 12.4. The average Bonchev–Trinajstić information content (AvgIpc) is 2.47. The molecule has 0 aliphatic heterocycles. The minimum Gasteiger partial charge on any atom is -0.491 e. The molecule has 0 fully saturated rings. The highest BCUT2D eigenvalue weighted by Crippen LogP contribution is 2.22. The van der Waals surface area contributed by atoms with Crippen molar-refractivity contribution < 1.29 is 9.84 Å². The molecule has 21 heavy (non-hydrogen) atoms. The Balaban J connectivity index is 2.06. The van der Waals surface area contributed by atoms with E-state index in [1.54, 1.807) is 0 Å². The summed E-state index contributed by atoms with van der Waals surface area (Å²) in [6.45, 7) is 6.08. The highest BCUT2D eigenvalue weighted by atomic mass is 16.5. The zero-order chi connectivity index (χ0) is 15.2. The number of pyridine rings is 1. The molecule has 3 nitrogen and oxygen atoms in total. The van der Waals surface area contributed by atoms with Gasteiger partial charge in [0.25, 0.3) is 0 Å². The van der Waals surface area contributed by atoms with Crippen molar-refractivity contribution in [3.8, 4) is 5.75 Å². The summed E-state index contributed by atoms with van der Waals surface area (Å²) in [7, 11) is 0. The van der Waals surface area contributed by atoms with Crippen LogP contribution >= 0.6 is 0 Å². The maximum atomic E-state index is 10.4. The standard InChI is InChI=1S/C18H23NO2/c1-4-14-8-9-16(19-12-14)11-18(20)15-6-5-7-17(10-15)21-13(2)3/h5-10,12-13,18,20H,4,11H2,1-3H3.